The molecule has 0 aliphatic carbocycles. The van der Waals surface area contributed by atoms with Gasteiger partial charge in [0.25, 0.3) is 0 Å². The normalized spacial score (nSPS) is 10.5. The molecule has 0 fully saturated rings. The second-order valence-electron chi connectivity index (χ2n) is 4.73. The van der Waals surface area contributed by atoms with Crippen LogP contribution in [0.25, 0.3) is 10.9 Å². The fraction of sp³-hybridized carbons (Fsp3) is 0.111. The monoisotopic (exact) mass is 277 g/mol. The molecule has 0 atom stereocenters. The molecule has 104 valence electrons. The number of hydrogen-bond donors (Lipinski definition) is 0. The van der Waals surface area contributed by atoms with Crippen LogP contribution in [-0.2, 0) is 0 Å². The largest absolute Gasteiger partial charge is 0.457 e. The van der Waals surface area contributed by atoms with Crippen molar-refractivity contribution >= 4 is 16.7 Å². The van der Waals surface area contributed by atoms with E-state index in [4.69, 9.17) is 4.74 Å². The van der Waals surface area contributed by atoms with E-state index in [0.29, 0.717) is 23.5 Å². The minimum Gasteiger partial charge on any atom is -0.457 e. The van der Waals surface area contributed by atoms with Crippen LogP contribution in [0, 0.1) is 0 Å². The standard InChI is InChI=1S/C18H15NO2/c1-2-17(20)15-7-3-4-8-18(15)21-14-10-9-13-6-5-11-19-16(13)12-14/h3-12H,2H2,1H3. The smallest absolute Gasteiger partial charge is 0.166 e. The number of aromatic nitrogens is 1. The zero-order chi connectivity index (χ0) is 14.7. The molecule has 1 heterocycles. The quantitative estimate of drug-likeness (QED) is 0.653. The molecule has 3 nitrogen and oxygen atoms in total. The van der Waals surface area contributed by atoms with Gasteiger partial charge in [-0.25, -0.2) is 0 Å². The van der Waals surface area contributed by atoms with Crippen molar-refractivity contribution in [3.05, 3.63) is 66.4 Å². The maximum absolute atomic E-state index is 11.9. The van der Waals surface area contributed by atoms with E-state index in [1.165, 1.54) is 0 Å². The van der Waals surface area contributed by atoms with E-state index in [-0.39, 0.29) is 5.78 Å². The van der Waals surface area contributed by atoms with Gasteiger partial charge in [-0.3, -0.25) is 9.78 Å². The SMILES string of the molecule is CCC(=O)c1ccccc1Oc1ccc2cccnc2c1. The third-order valence-corrected chi connectivity index (χ3v) is 3.31. The van der Waals surface area contributed by atoms with Crippen molar-refractivity contribution < 1.29 is 9.53 Å². The van der Waals surface area contributed by atoms with Crippen LogP contribution < -0.4 is 4.74 Å². The predicted octanol–water partition coefficient (Wildman–Crippen LogP) is 4.62. The number of rotatable bonds is 4. The molecule has 0 saturated carbocycles. The van der Waals surface area contributed by atoms with Gasteiger partial charge in [0.15, 0.2) is 5.78 Å². The Balaban J connectivity index is 1.97. The Hall–Kier alpha value is -2.68. The molecule has 0 aliphatic rings. The summed E-state index contributed by atoms with van der Waals surface area (Å²) in [5.74, 6) is 1.33. The number of carbonyl (C=O) groups is 1. The summed E-state index contributed by atoms with van der Waals surface area (Å²) in [7, 11) is 0. The summed E-state index contributed by atoms with van der Waals surface area (Å²) in [5.41, 5.74) is 1.48. The van der Waals surface area contributed by atoms with Crippen LogP contribution in [0.3, 0.4) is 0 Å². The Bertz CT molecular complexity index is 796. The molecule has 0 radical (unpaired) electrons. The maximum atomic E-state index is 11.9. The van der Waals surface area contributed by atoms with Gasteiger partial charge in [-0.15, -0.1) is 0 Å². The number of pyridine rings is 1. The van der Waals surface area contributed by atoms with Gasteiger partial charge in [0, 0.05) is 24.1 Å². The molecule has 21 heavy (non-hydrogen) atoms. The van der Waals surface area contributed by atoms with Gasteiger partial charge in [-0.05, 0) is 30.3 Å². The highest BCUT2D eigenvalue weighted by molar-refractivity contribution is 5.98. The van der Waals surface area contributed by atoms with Crippen LogP contribution in [0.1, 0.15) is 23.7 Å². The van der Waals surface area contributed by atoms with Crippen molar-refractivity contribution in [1.29, 1.82) is 0 Å². The molecule has 0 bridgehead atoms. The van der Waals surface area contributed by atoms with E-state index < -0.39 is 0 Å². The summed E-state index contributed by atoms with van der Waals surface area (Å²) in [5, 5.41) is 1.06. The maximum Gasteiger partial charge on any atom is 0.166 e. The van der Waals surface area contributed by atoms with Crippen LogP contribution in [0.5, 0.6) is 11.5 Å². The highest BCUT2D eigenvalue weighted by atomic mass is 16.5. The highest BCUT2D eigenvalue weighted by Crippen LogP contribution is 2.28. The first-order valence-corrected chi connectivity index (χ1v) is 6.93. The summed E-state index contributed by atoms with van der Waals surface area (Å²) in [6, 6.07) is 16.9. The van der Waals surface area contributed by atoms with Crippen LogP contribution >= 0.6 is 0 Å². The number of para-hydroxylation sites is 1. The second kappa shape index (κ2) is 5.75. The first kappa shape index (κ1) is 13.3. The van der Waals surface area contributed by atoms with E-state index in [9.17, 15) is 4.79 Å². The third-order valence-electron chi connectivity index (χ3n) is 3.31. The van der Waals surface area contributed by atoms with Gasteiger partial charge in [0.2, 0.25) is 0 Å². The molecule has 3 rings (SSSR count). The highest BCUT2D eigenvalue weighted by Gasteiger charge is 2.11. The van der Waals surface area contributed by atoms with Crippen molar-refractivity contribution in [3.63, 3.8) is 0 Å². The lowest BCUT2D eigenvalue weighted by atomic mass is 10.1. The minimum atomic E-state index is 0.0736. The van der Waals surface area contributed by atoms with Crippen LogP contribution in [0.4, 0.5) is 0 Å². The molecule has 0 amide bonds. The Labute approximate surface area is 123 Å². The van der Waals surface area contributed by atoms with Crippen molar-refractivity contribution in [2.75, 3.05) is 0 Å². The molecule has 0 N–H and O–H groups in total. The van der Waals surface area contributed by atoms with Crippen LogP contribution in [0.2, 0.25) is 0 Å². The fourth-order valence-corrected chi connectivity index (χ4v) is 2.21. The molecular weight excluding hydrogens is 262 g/mol. The zero-order valence-electron chi connectivity index (χ0n) is 11.7. The summed E-state index contributed by atoms with van der Waals surface area (Å²) >= 11 is 0. The Morgan fingerprint density at radius 1 is 1.10 bits per heavy atom. The molecule has 0 unspecified atom stereocenters. The summed E-state index contributed by atoms with van der Waals surface area (Å²) < 4.78 is 5.88. The number of carbonyl (C=O) groups excluding carboxylic acids is 1. The van der Waals surface area contributed by atoms with Crippen LogP contribution in [-0.4, -0.2) is 10.8 Å². The molecule has 2 aromatic carbocycles. The number of benzene rings is 2. The third kappa shape index (κ3) is 2.77. The van der Waals surface area contributed by atoms with E-state index in [0.717, 1.165) is 10.9 Å². The number of fused-ring (bicyclic) bond motifs is 1. The van der Waals surface area contributed by atoms with Gasteiger partial charge in [0.1, 0.15) is 11.5 Å². The van der Waals surface area contributed by atoms with E-state index >= 15 is 0 Å². The number of Topliss-reactive ketones (excluding diaryl/α,β-unsaturated/α-hetero) is 1. The van der Waals surface area contributed by atoms with Gasteiger partial charge in [-0.1, -0.05) is 25.1 Å². The molecule has 0 aliphatic heterocycles. The van der Waals surface area contributed by atoms with E-state index in [1.807, 2.05) is 55.5 Å². The molecule has 3 aromatic rings. The number of ketones is 1. The molecule has 1 aromatic heterocycles. The second-order valence-corrected chi connectivity index (χ2v) is 4.73. The lowest BCUT2D eigenvalue weighted by Crippen LogP contribution is -1.99. The first-order valence-electron chi connectivity index (χ1n) is 6.93. The Kier molecular flexibility index (Phi) is 3.65. The van der Waals surface area contributed by atoms with Crippen molar-refractivity contribution in [3.8, 4) is 11.5 Å². The average Bonchev–Trinajstić information content (AvgIpc) is 2.54. The van der Waals surface area contributed by atoms with Gasteiger partial charge in [-0.2, -0.15) is 0 Å². The predicted molar refractivity (Wildman–Crippen MR) is 82.9 cm³/mol. The summed E-state index contributed by atoms with van der Waals surface area (Å²) in [4.78, 5) is 16.3. The minimum absolute atomic E-state index is 0.0736. The van der Waals surface area contributed by atoms with Crippen molar-refractivity contribution in [1.82, 2.24) is 4.98 Å². The van der Waals surface area contributed by atoms with E-state index in [1.54, 1.807) is 12.3 Å². The fourth-order valence-electron chi connectivity index (χ4n) is 2.21. The van der Waals surface area contributed by atoms with Crippen molar-refractivity contribution in [2.24, 2.45) is 0 Å². The molecular formula is C18H15NO2. The van der Waals surface area contributed by atoms with Gasteiger partial charge in [0.05, 0.1) is 11.1 Å². The van der Waals surface area contributed by atoms with E-state index in [2.05, 4.69) is 4.98 Å². The average molecular weight is 277 g/mol. The Morgan fingerprint density at radius 2 is 1.95 bits per heavy atom. The first-order chi connectivity index (χ1) is 10.3. The molecule has 0 spiro atoms. The number of nitrogens with zero attached hydrogens (tertiary/aromatic N) is 1. The van der Waals surface area contributed by atoms with Crippen molar-refractivity contribution in [2.45, 2.75) is 13.3 Å². The summed E-state index contributed by atoms with van der Waals surface area (Å²) in [6.45, 7) is 1.85. The lowest BCUT2D eigenvalue weighted by Gasteiger charge is -2.10. The number of ether oxygens (including phenoxy) is 1. The summed E-state index contributed by atoms with van der Waals surface area (Å²) in [6.07, 6.45) is 2.21. The number of hydrogen-bond acceptors (Lipinski definition) is 3. The topological polar surface area (TPSA) is 39.2 Å². The zero-order valence-corrected chi connectivity index (χ0v) is 11.7. The lowest BCUT2D eigenvalue weighted by molar-refractivity contribution is 0.0986. The van der Waals surface area contributed by atoms with Gasteiger partial charge >= 0.3 is 0 Å². The van der Waals surface area contributed by atoms with Crippen LogP contribution in [0.15, 0.2) is 60.8 Å². The molecule has 0 saturated heterocycles. The molecule has 3 heteroatoms. The van der Waals surface area contributed by atoms with Gasteiger partial charge < -0.3 is 4.74 Å². The Morgan fingerprint density at radius 3 is 2.81 bits per heavy atom.